The smallest absolute Gasteiger partial charge is 0.274 e. The van der Waals surface area contributed by atoms with E-state index < -0.39 is 0 Å². The van der Waals surface area contributed by atoms with E-state index in [1.54, 1.807) is 4.90 Å². The normalized spacial score (nSPS) is 19.7. The van der Waals surface area contributed by atoms with Gasteiger partial charge in [-0.05, 0) is 56.4 Å². The molecule has 2 aliphatic rings. The summed E-state index contributed by atoms with van der Waals surface area (Å²) in [5, 5.41) is 7.18. The van der Waals surface area contributed by atoms with Crippen LogP contribution in [0.2, 0.25) is 0 Å². The van der Waals surface area contributed by atoms with Gasteiger partial charge in [-0.3, -0.25) is 14.7 Å². The van der Waals surface area contributed by atoms with Crippen molar-refractivity contribution in [2.24, 2.45) is 5.92 Å². The first kappa shape index (κ1) is 16.0. The number of amides is 1. The molecule has 2 heterocycles. The number of Topliss-reactive ketones (excluding diaryl/α,β-unsaturated/α-hetero) is 1. The standard InChI is InChI=1S/C19H20FN3O2/c20-14-8-6-12(7-9-14)18(24)13-3-2-10-23(11-13)19(25)17-15-4-1-5-16(15)21-22-17/h6-9,13H,1-5,10-11H2,(H,21,22). The van der Waals surface area contributed by atoms with E-state index in [9.17, 15) is 14.0 Å². The third-order valence-electron chi connectivity index (χ3n) is 5.22. The first-order valence-corrected chi connectivity index (χ1v) is 8.78. The van der Waals surface area contributed by atoms with Gasteiger partial charge in [0.2, 0.25) is 0 Å². The van der Waals surface area contributed by atoms with E-state index >= 15 is 0 Å². The molecular weight excluding hydrogens is 321 g/mol. The molecule has 1 fully saturated rings. The van der Waals surface area contributed by atoms with Crippen LogP contribution in [0.5, 0.6) is 0 Å². The molecule has 4 rings (SSSR count). The number of H-pyrrole nitrogens is 1. The number of aryl methyl sites for hydroxylation is 1. The molecule has 0 bridgehead atoms. The summed E-state index contributed by atoms with van der Waals surface area (Å²) in [5.74, 6) is -0.708. The first-order valence-electron chi connectivity index (χ1n) is 8.78. The van der Waals surface area contributed by atoms with Crippen LogP contribution in [-0.4, -0.2) is 39.9 Å². The molecule has 1 aromatic carbocycles. The van der Waals surface area contributed by atoms with E-state index in [2.05, 4.69) is 10.2 Å². The molecular formula is C19H20FN3O2. The number of piperidine rings is 1. The predicted octanol–water partition coefficient (Wildman–Crippen LogP) is 2.77. The Morgan fingerprint density at radius 2 is 1.96 bits per heavy atom. The number of ketones is 1. The van der Waals surface area contributed by atoms with Gasteiger partial charge in [-0.1, -0.05) is 0 Å². The Kier molecular flexibility index (Phi) is 4.11. The summed E-state index contributed by atoms with van der Waals surface area (Å²) in [4.78, 5) is 27.3. The molecule has 1 amide bonds. The molecule has 1 aliphatic heterocycles. The van der Waals surface area contributed by atoms with Crippen molar-refractivity contribution in [1.29, 1.82) is 0 Å². The molecule has 0 radical (unpaired) electrons. The number of carbonyl (C=O) groups is 2. The number of aromatic amines is 1. The molecule has 5 nitrogen and oxygen atoms in total. The van der Waals surface area contributed by atoms with E-state index in [-0.39, 0.29) is 23.4 Å². The predicted molar refractivity (Wildman–Crippen MR) is 90.0 cm³/mol. The zero-order chi connectivity index (χ0) is 17.4. The summed E-state index contributed by atoms with van der Waals surface area (Å²) in [6.45, 7) is 1.05. The van der Waals surface area contributed by atoms with E-state index in [1.807, 2.05) is 0 Å². The summed E-state index contributed by atoms with van der Waals surface area (Å²) in [6.07, 6.45) is 4.42. The number of benzene rings is 1. The molecule has 130 valence electrons. The number of carbonyl (C=O) groups excluding carboxylic acids is 2. The molecule has 0 spiro atoms. The minimum absolute atomic E-state index is 0.0234. The fourth-order valence-electron chi connectivity index (χ4n) is 3.87. The van der Waals surface area contributed by atoms with Gasteiger partial charge in [0.25, 0.3) is 5.91 Å². The number of nitrogens with one attached hydrogen (secondary N) is 1. The van der Waals surface area contributed by atoms with Gasteiger partial charge in [-0.15, -0.1) is 0 Å². The zero-order valence-electron chi connectivity index (χ0n) is 13.9. The van der Waals surface area contributed by atoms with Gasteiger partial charge in [-0.25, -0.2) is 4.39 Å². The Morgan fingerprint density at radius 3 is 2.76 bits per heavy atom. The second kappa shape index (κ2) is 6.43. The van der Waals surface area contributed by atoms with Crippen LogP contribution in [0.15, 0.2) is 24.3 Å². The van der Waals surface area contributed by atoms with Crippen molar-refractivity contribution in [2.75, 3.05) is 13.1 Å². The number of nitrogens with zero attached hydrogens (tertiary/aromatic N) is 2. The lowest BCUT2D eigenvalue weighted by molar-refractivity contribution is 0.0631. The first-order chi connectivity index (χ1) is 12.1. The Morgan fingerprint density at radius 1 is 1.16 bits per heavy atom. The van der Waals surface area contributed by atoms with Crippen molar-refractivity contribution in [2.45, 2.75) is 32.1 Å². The molecule has 6 heteroatoms. The SMILES string of the molecule is O=C(c1ccc(F)cc1)C1CCCN(C(=O)c2n[nH]c3c2CCC3)C1. The highest BCUT2D eigenvalue weighted by Crippen LogP contribution is 2.26. The summed E-state index contributed by atoms with van der Waals surface area (Å²) in [6, 6.07) is 5.62. The van der Waals surface area contributed by atoms with Gasteiger partial charge >= 0.3 is 0 Å². The number of hydrogen-bond donors (Lipinski definition) is 1. The number of rotatable bonds is 3. The summed E-state index contributed by atoms with van der Waals surface area (Å²) < 4.78 is 13.1. The van der Waals surface area contributed by atoms with Crippen LogP contribution in [0.25, 0.3) is 0 Å². The van der Waals surface area contributed by atoms with E-state index in [1.165, 1.54) is 24.3 Å². The minimum atomic E-state index is -0.357. The highest BCUT2D eigenvalue weighted by atomic mass is 19.1. The van der Waals surface area contributed by atoms with Crippen molar-refractivity contribution < 1.29 is 14.0 Å². The van der Waals surface area contributed by atoms with Crippen LogP contribution in [0.1, 0.15) is 51.4 Å². The van der Waals surface area contributed by atoms with Gasteiger partial charge in [0.05, 0.1) is 0 Å². The van der Waals surface area contributed by atoms with Crippen LogP contribution in [0.3, 0.4) is 0 Å². The molecule has 25 heavy (non-hydrogen) atoms. The highest BCUT2D eigenvalue weighted by molar-refractivity contribution is 5.99. The fourth-order valence-corrected chi connectivity index (χ4v) is 3.87. The number of hydrogen-bond acceptors (Lipinski definition) is 3. The van der Waals surface area contributed by atoms with Gasteiger partial charge in [0.1, 0.15) is 5.82 Å². The van der Waals surface area contributed by atoms with Gasteiger partial charge < -0.3 is 4.90 Å². The second-order valence-electron chi connectivity index (χ2n) is 6.84. The molecule has 1 unspecified atom stereocenters. The van der Waals surface area contributed by atoms with Crippen LogP contribution >= 0.6 is 0 Å². The Labute approximate surface area is 145 Å². The lowest BCUT2D eigenvalue weighted by atomic mass is 9.89. The monoisotopic (exact) mass is 341 g/mol. The second-order valence-corrected chi connectivity index (χ2v) is 6.84. The van der Waals surface area contributed by atoms with E-state index in [4.69, 9.17) is 0 Å². The average Bonchev–Trinajstić information content (AvgIpc) is 3.25. The Bertz CT molecular complexity index is 813. The highest BCUT2D eigenvalue weighted by Gasteiger charge is 2.32. The topological polar surface area (TPSA) is 66.1 Å². The maximum Gasteiger partial charge on any atom is 0.274 e. The number of fused-ring (bicyclic) bond motifs is 1. The van der Waals surface area contributed by atoms with Crippen molar-refractivity contribution in [3.8, 4) is 0 Å². The van der Waals surface area contributed by atoms with Gasteiger partial charge in [0.15, 0.2) is 11.5 Å². The molecule has 1 atom stereocenters. The van der Waals surface area contributed by atoms with Crippen LogP contribution < -0.4 is 0 Å². The molecule has 2 aromatic rings. The number of likely N-dealkylation sites (tertiary alicyclic amines) is 1. The quantitative estimate of drug-likeness (QED) is 0.873. The molecule has 1 N–H and O–H groups in total. The fraction of sp³-hybridized carbons (Fsp3) is 0.421. The molecule has 1 aliphatic carbocycles. The Hall–Kier alpha value is -2.50. The van der Waals surface area contributed by atoms with Gasteiger partial charge in [0, 0.05) is 35.8 Å². The van der Waals surface area contributed by atoms with Gasteiger partial charge in [-0.2, -0.15) is 5.10 Å². The lowest BCUT2D eigenvalue weighted by Gasteiger charge is -2.31. The van der Waals surface area contributed by atoms with Crippen molar-refractivity contribution in [3.63, 3.8) is 0 Å². The van der Waals surface area contributed by atoms with Crippen LogP contribution in [0.4, 0.5) is 4.39 Å². The summed E-state index contributed by atoms with van der Waals surface area (Å²) in [7, 11) is 0. The maximum atomic E-state index is 13.1. The third-order valence-corrected chi connectivity index (χ3v) is 5.22. The van der Waals surface area contributed by atoms with Crippen LogP contribution in [0, 0.1) is 11.7 Å². The third kappa shape index (κ3) is 2.97. The minimum Gasteiger partial charge on any atom is -0.337 e. The number of halogens is 1. The Balaban J connectivity index is 1.49. The summed E-state index contributed by atoms with van der Waals surface area (Å²) in [5.41, 5.74) is 3.13. The molecule has 0 saturated carbocycles. The average molecular weight is 341 g/mol. The van der Waals surface area contributed by atoms with Crippen molar-refractivity contribution >= 4 is 11.7 Å². The molecule has 1 aromatic heterocycles. The largest absolute Gasteiger partial charge is 0.337 e. The maximum absolute atomic E-state index is 13.1. The lowest BCUT2D eigenvalue weighted by Crippen LogP contribution is -2.42. The van der Waals surface area contributed by atoms with Crippen molar-refractivity contribution in [3.05, 3.63) is 52.6 Å². The number of aromatic nitrogens is 2. The van der Waals surface area contributed by atoms with E-state index in [0.717, 1.165) is 43.4 Å². The van der Waals surface area contributed by atoms with Crippen LogP contribution in [-0.2, 0) is 12.8 Å². The van der Waals surface area contributed by atoms with Crippen molar-refractivity contribution in [1.82, 2.24) is 15.1 Å². The van der Waals surface area contributed by atoms with E-state index in [0.29, 0.717) is 24.3 Å². The molecule has 1 saturated heterocycles. The zero-order valence-corrected chi connectivity index (χ0v) is 13.9. The summed E-state index contributed by atoms with van der Waals surface area (Å²) >= 11 is 0.